The van der Waals surface area contributed by atoms with E-state index in [1.807, 2.05) is 11.4 Å². The Bertz CT molecular complexity index is 456. The fraction of sp³-hybridized carbons (Fsp3) is 0. The summed E-state index contributed by atoms with van der Waals surface area (Å²) in [5.74, 6) is 0.174. The summed E-state index contributed by atoms with van der Waals surface area (Å²) in [7, 11) is 0. The zero-order valence-electron chi connectivity index (χ0n) is 5.88. The Kier molecular flexibility index (Phi) is 1.62. The van der Waals surface area contributed by atoms with Crippen LogP contribution in [0.3, 0.4) is 0 Å². The molecule has 6 heteroatoms. The molecule has 2 heterocycles. The highest BCUT2D eigenvalue weighted by Gasteiger charge is 1.97. The summed E-state index contributed by atoms with van der Waals surface area (Å²) in [6.07, 6.45) is 1.64. The molecule has 0 aromatic carbocycles. The lowest BCUT2D eigenvalue weighted by atomic mass is 10.4. The van der Waals surface area contributed by atoms with Crippen LogP contribution in [0.5, 0.6) is 0 Å². The molecular weight excluding hydrogens is 174 g/mol. The molecule has 0 saturated heterocycles. The average Bonchev–Trinajstić information content (AvgIpc) is 2.51. The molecule has 0 spiro atoms. The van der Waals surface area contributed by atoms with E-state index in [1.54, 1.807) is 6.20 Å². The summed E-state index contributed by atoms with van der Waals surface area (Å²) in [5, 5.41) is 6.19. The van der Waals surface area contributed by atoms with Crippen molar-refractivity contribution in [2.75, 3.05) is 0 Å². The van der Waals surface area contributed by atoms with E-state index in [2.05, 4.69) is 20.0 Å². The second-order valence-electron chi connectivity index (χ2n) is 2.04. The number of fused-ring (bicyclic) bond motifs is 1. The summed E-state index contributed by atoms with van der Waals surface area (Å²) in [6, 6.07) is 1.92. The highest BCUT2D eigenvalue weighted by Crippen LogP contribution is 2.19. The van der Waals surface area contributed by atoms with Gasteiger partial charge < -0.3 is 0 Å². The quantitative estimate of drug-likeness (QED) is 0.381. The van der Waals surface area contributed by atoms with Gasteiger partial charge in [0.2, 0.25) is 5.95 Å². The van der Waals surface area contributed by atoms with E-state index in [0.717, 1.165) is 10.2 Å². The second kappa shape index (κ2) is 2.77. The van der Waals surface area contributed by atoms with Crippen molar-refractivity contribution in [1.82, 2.24) is 9.97 Å². The molecule has 12 heavy (non-hydrogen) atoms. The Hall–Kier alpha value is -1.65. The van der Waals surface area contributed by atoms with Crippen LogP contribution in [0.4, 0.5) is 5.95 Å². The third kappa shape index (κ3) is 1.09. The SMILES string of the molecule is [N-]=[N+]=Nc1ncc2ccsc2n1. The maximum atomic E-state index is 8.12. The second-order valence-corrected chi connectivity index (χ2v) is 2.94. The molecule has 0 aliphatic rings. The molecule has 0 unspecified atom stereocenters. The number of hydrogen-bond acceptors (Lipinski definition) is 4. The number of azide groups is 1. The maximum Gasteiger partial charge on any atom is 0.217 e. The molecule has 0 aliphatic carbocycles. The molecule has 0 fully saturated rings. The summed E-state index contributed by atoms with van der Waals surface area (Å²) in [4.78, 5) is 11.3. The normalized spacial score (nSPS) is 9.67. The molecule has 0 atom stereocenters. The van der Waals surface area contributed by atoms with E-state index in [9.17, 15) is 0 Å². The molecule has 2 aromatic rings. The van der Waals surface area contributed by atoms with Crippen molar-refractivity contribution in [3.63, 3.8) is 0 Å². The van der Waals surface area contributed by atoms with Gasteiger partial charge in [0.1, 0.15) is 4.83 Å². The van der Waals surface area contributed by atoms with E-state index >= 15 is 0 Å². The van der Waals surface area contributed by atoms with Gasteiger partial charge in [-0.3, -0.25) is 0 Å². The molecular formula is C6H3N5S. The number of hydrogen-bond donors (Lipinski definition) is 0. The molecule has 58 valence electrons. The van der Waals surface area contributed by atoms with Crippen LogP contribution in [-0.2, 0) is 0 Å². The molecule has 5 nitrogen and oxygen atoms in total. The minimum absolute atomic E-state index is 0.174. The van der Waals surface area contributed by atoms with Crippen molar-refractivity contribution in [1.29, 1.82) is 0 Å². The standard InChI is InChI=1S/C6H3N5S/c7-11-10-6-8-3-4-1-2-12-5(4)9-6/h1-3H. The van der Waals surface area contributed by atoms with Crippen LogP contribution in [0, 0.1) is 0 Å². The minimum atomic E-state index is 0.174. The highest BCUT2D eigenvalue weighted by atomic mass is 32.1. The number of rotatable bonds is 1. The summed E-state index contributed by atoms with van der Waals surface area (Å²) in [6.45, 7) is 0. The first-order valence-corrected chi connectivity index (χ1v) is 4.03. The van der Waals surface area contributed by atoms with Crippen molar-refractivity contribution < 1.29 is 0 Å². The molecule has 0 amide bonds. The van der Waals surface area contributed by atoms with Crippen LogP contribution < -0.4 is 0 Å². The van der Waals surface area contributed by atoms with Gasteiger partial charge in [-0.2, -0.15) is 0 Å². The molecule has 0 bridgehead atoms. The summed E-state index contributed by atoms with van der Waals surface area (Å²) >= 11 is 1.49. The number of thiophene rings is 1. The molecule has 2 aromatic heterocycles. The number of nitrogens with zero attached hydrogens (tertiary/aromatic N) is 5. The lowest BCUT2D eigenvalue weighted by molar-refractivity contribution is 1.17. The first-order chi connectivity index (χ1) is 5.90. The van der Waals surface area contributed by atoms with Gasteiger partial charge in [-0.15, -0.1) is 11.3 Å². The lowest BCUT2D eigenvalue weighted by Gasteiger charge is -1.88. The van der Waals surface area contributed by atoms with Crippen LogP contribution in [-0.4, -0.2) is 9.97 Å². The van der Waals surface area contributed by atoms with Crippen molar-refractivity contribution in [3.05, 3.63) is 28.1 Å². The van der Waals surface area contributed by atoms with E-state index < -0.39 is 0 Å². The minimum Gasteiger partial charge on any atom is -0.235 e. The van der Waals surface area contributed by atoms with E-state index in [-0.39, 0.29) is 5.95 Å². The Balaban J connectivity index is 2.67. The summed E-state index contributed by atoms with van der Waals surface area (Å²) in [5.41, 5.74) is 8.12. The van der Waals surface area contributed by atoms with Crippen molar-refractivity contribution in [2.24, 2.45) is 5.11 Å². The van der Waals surface area contributed by atoms with Crippen LogP contribution in [0.2, 0.25) is 0 Å². The zero-order valence-corrected chi connectivity index (χ0v) is 6.69. The largest absolute Gasteiger partial charge is 0.235 e. The first kappa shape index (κ1) is 7.02. The predicted molar refractivity (Wildman–Crippen MR) is 46.2 cm³/mol. The van der Waals surface area contributed by atoms with E-state index in [1.165, 1.54) is 11.3 Å². The Morgan fingerprint density at radius 3 is 3.33 bits per heavy atom. The molecule has 0 aliphatic heterocycles. The maximum absolute atomic E-state index is 8.12. The van der Waals surface area contributed by atoms with Gasteiger partial charge in [0.25, 0.3) is 0 Å². The van der Waals surface area contributed by atoms with Crippen molar-refractivity contribution in [3.8, 4) is 0 Å². The topological polar surface area (TPSA) is 74.5 Å². The summed E-state index contributed by atoms with van der Waals surface area (Å²) < 4.78 is 0. The van der Waals surface area contributed by atoms with Gasteiger partial charge in [-0.1, -0.05) is 0 Å². The Morgan fingerprint density at radius 1 is 1.58 bits per heavy atom. The monoisotopic (exact) mass is 177 g/mol. The molecule has 0 saturated carbocycles. The third-order valence-electron chi connectivity index (χ3n) is 1.33. The van der Waals surface area contributed by atoms with Gasteiger partial charge in [-0.25, -0.2) is 9.97 Å². The van der Waals surface area contributed by atoms with Gasteiger partial charge in [0.05, 0.1) is 0 Å². The van der Waals surface area contributed by atoms with E-state index in [0.29, 0.717) is 0 Å². The van der Waals surface area contributed by atoms with Crippen molar-refractivity contribution in [2.45, 2.75) is 0 Å². The lowest BCUT2D eigenvalue weighted by Crippen LogP contribution is -1.76. The molecule has 0 N–H and O–H groups in total. The molecule has 0 radical (unpaired) electrons. The number of aromatic nitrogens is 2. The molecule has 2 rings (SSSR count). The van der Waals surface area contributed by atoms with Gasteiger partial charge in [0, 0.05) is 16.5 Å². The fourth-order valence-electron chi connectivity index (χ4n) is 0.835. The first-order valence-electron chi connectivity index (χ1n) is 3.15. The smallest absolute Gasteiger partial charge is 0.217 e. The van der Waals surface area contributed by atoms with Crippen LogP contribution in [0.25, 0.3) is 20.7 Å². The Labute approximate surface area is 71.3 Å². The van der Waals surface area contributed by atoms with E-state index in [4.69, 9.17) is 5.53 Å². The van der Waals surface area contributed by atoms with Gasteiger partial charge in [0.15, 0.2) is 0 Å². The predicted octanol–water partition coefficient (Wildman–Crippen LogP) is 2.63. The van der Waals surface area contributed by atoms with Crippen LogP contribution in [0.1, 0.15) is 0 Å². The average molecular weight is 177 g/mol. The highest BCUT2D eigenvalue weighted by molar-refractivity contribution is 7.16. The zero-order chi connectivity index (χ0) is 8.39. The van der Waals surface area contributed by atoms with Gasteiger partial charge in [-0.05, 0) is 22.1 Å². The Morgan fingerprint density at radius 2 is 2.50 bits per heavy atom. The van der Waals surface area contributed by atoms with Crippen LogP contribution in [0.15, 0.2) is 22.8 Å². The van der Waals surface area contributed by atoms with Gasteiger partial charge >= 0.3 is 0 Å². The van der Waals surface area contributed by atoms with Crippen LogP contribution >= 0.6 is 11.3 Å². The van der Waals surface area contributed by atoms with Crippen molar-refractivity contribution >= 4 is 27.5 Å². The fourth-order valence-corrected chi connectivity index (χ4v) is 1.57. The third-order valence-corrected chi connectivity index (χ3v) is 2.15.